The zero-order chi connectivity index (χ0) is 7.40. The number of hydrogen-bond acceptors (Lipinski definition) is 2. The Morgan fingerprint density at radius 3 is 3.10 bits per heavy atom. The number of rotatable bonds is 2. The molecule has 0 fully saturated rings. The Bertz CT molecular complexity index is 205. The number of hydrogen-bond donors (Lipinski definition) is 1. The molecule has 10 heavy (non-hydrogen) atoms. The Kier molecular flexibility index (Phi) is 2.45. The first-order valence-corrected chi connectivity index (χ1v) is 3.84. The first-order valence-electron chi connectivity index (χ1n) is 2.97. The lowest BCUT2D eigenvalue weighted by Crippen LogP contribution is -2.17. The van der Waals surface area contributed by atoms with E-state index in [1.807, 2.05) is 11.4 Å². The van der Waals surface area contributed by atoms with Crippen molar-refractivity contribution >= 4 is 17.2 Å². The second-order valence-electron chi connectivity index (χ2n) is 1.74. The van der Waals surface area contributed by atoms with Gasteiger partial charge in [0, 0.05) is 6.54 Å². The summed E-state index contributed by atoms with van der Waals surface area (Å²) < 4.78 is 0. The molecule has 0 saturated carbocycles. The van der Waals surface area contributed by atoms with Gasteiger partial charge < -0.3 is 5.32 Å². The lowest BCUT2D eigenvalue weighted by molar-refractivity contribution is 0.0968. The summed E-state index contributed by atoms with van der Waals surface area (Å²) in [5.74, 6) is -0.0301. The summed E-state index contributed by atoms with van der Waals surface area (Å²) in [7, 11) is 0. The summed E-state index contributed by atoms with van der Waals surface area (Å²) in [6.45, 7) is 3.41. The molecule has 0 unspecified atom stereocenters. The van der Waals surface area contributed by atoms with E-state index in [0.29, 0.717) is 0 Å². The van der Waals surface area contributed by atoms with Crippen LogP contribution in [-0.4, -0.2) is 5.91 Å². The summed E-state index contributed by atoms with van der Waals surface area (Å²) in [5.41, 5.74) is 0. The fourth-order valence-electron chi connectivity index (χ4n) is 0.610. The van der Waals surface area contributed by atoms with E-state index >= 15 is 0 Å². The van der Waals surface area contributed by atoms with E-state index in [9.17, 15) is 4.79 Å². The van der Waals surface area contributed by atoms with Crippen LogP contribution in [0.2, 0.25) is 0 Å². The minimum atomic E-state index is -0.0301. The topological polar surface area (TPSA) is 29.1 Å². The Balaban J connectivity index is 2.59. The van der Waals surface area contributed by atoms with Crippen LogP contribution in [0.4, 0.5) is 0 Å². The summed E-state index contributed by atoms with van der Waals surface area (Å²) in [5, 5.41) is 4.47. The van der Waals surface area contributed by atoms with Crippen LogP contribution in [0.15, 0.2) is 17.5 Å². The van der Waals surface area contributed by atoms with Gasteiger partial charge in [-0.05, 0) is 18.4 Å². The van der Waals surface area contributed by atoms with E-state index < -0.39 is 0 Å². The van der Waals surface area contributed by atoms with Crippen molar-refractivity contribution in [2.24, 2.45) is 0 Å². The molecule has 0 bridgehead atoms. The van der Waals surface area contributed by atoms with Gasteiger partial charge in [0.15, 0.2) is 0 Å². The lowest BCUT2D eigenvalue weighted by Gasteiger charge is -1.95. The van der Waals surface area contributed by atoms with Crippen molar-refractivity contribution in [1.82, 2.24) is 5.32 Å². The molecule has 0 aromatic carbocycles. The van der Waals surface area contributed by atoms with Crippen LogP contribution in [0.5, 0.6) is 0 Å². The van der Waals surface area contributed by atoms with Gasteiger partial charge in [-0.3, -0.25) is 4.79 Å². The summed E-state index contributed by atoms with van der Waals surface area (Å²) in [4.78, 5) is 11.7. The Labute approximate surface area is 63.9 Å². The molecule has 1 amide bonds. The van der Waals surface area contributed by atoms with Gasteiger partial charge in [0.05, 0.1) is 4.88 Å². The molecule has 1 aromatic rings. The first kappa shape index (κ1) is 7.28. The first-order chi connectivity index (χ1) is 4.84. The number of carbonyl (C=O) groups is 1. The zero-order valence-electron chi connectivity index (χ0n) is 5.63. The minimum Gasteiger partial charge on any atom is -0.347 e. The average Bonchev–Trinajstić information content (AvgIpc) is 2.38. The standard InChI is InChI=1S/C7H8NOS/c1-2-8-7(9)6-4-3-5-10-6/h2-5H,1H3,(H,8,9). The third kappa shape index (κ3) is 1.57. The maximum absolute atomic E-state index is 11.0. The molecule has 0 saturated heterocycles. The van der Waals surface area contributed by atoms with Gasteiger partial charge in [0.2, 0.25) is 0 Å². The second-order valence-corrected chi connectivity index (χ2v) is 2.69. The molecular weight excluding hydrogens is 146 g/mol. The van der Waals surface area contributed by atoms with Crippen LogP contribution in [0.25, 0.3) is 0 Å². The van der Waals surface area contributed by atoms with E-state index in [0.717, 1.165) is 4.88 Å². The summed E-state index contributed by atoms with van der Waals surface area (Å²) in [6, 6.07) is 3.65. The molecule has 0 atom stereocenters. The van der Waals surface area contributed by atoms with Crippen molar-refractivity contribution in [2.45, 2.75) is 6.92 Å². The Morgan fingerprint density at radius 2 is 2.60 bits per heavy atom. The van der Waals surface area contributed by atoms with E-state index in [1.54, 1.807) is 19.5 Å². The lowest BCUT2D eigenvalue weighted by atomic mass is 10.4. The molecule has 0 aliphatic carbocycles. The Hall–Kier alpha value is -0.830. The van der Waals surface area contributed by atoms with Crippen molar-refractivity contribution in [3.8, 4) is 0 Å². The number of carbonyl (C=O) groups excluding carboxylic acids is 1. The molecule has 53 valence electrons. The van der Waals surface area contributed by atoms with Crippen LogP contribution in [0.3, 0.4) is 0 Å². The van der Waals surface area contributed by atoms with Crippen LogP contribution in [0, 0.1) is 6.54 Å². The van der Waals surface area contributed by atoms with Crippen LogP contribution in [-0.2, 0) is 0 Å². The minimum absolute atomic E-state index is 0.0301. The van der Waals surface area contributed by atoms with Crippen molar-refractivity contribution in [3.63, 3.8) is 0 Å². The van der Waals surface area contributed by atoms with E-state index in [2.05, 4.69) is 5.32 Å². The van der Waals surface area contributed by atoms with Gasteiger partial charge in [0.25, 0.3) is 5.91 Å². The quantitative estimate of drug-likeness (QED) is 0.689. The van der Waals surface area contributed by atoms with Gasteiger partial charge in [0.1, 0.15) is 0 Å². The molecule has 1 radical (unpaired) electrons. The van der Waals surface area contributed by atoms with E-state index in [4.69, 9.17) is 0 Å². The number of nitrogens with one attached hydrogen (secondary N) is 1. The highest BCUT2D eigenvalue weighted by molar-refractivity contribution is 7.12. The molecule has 3 heteroatoms. The molecule has 1 aromatic heterocycles. The van der Waals surface area contributed by atoms with Gasteiger partial charge in [-0.2, -0.15) is 0 Å². The molecule has 1 N–H and O–H groups in total. The van der Waals surface area contributed by atoms with E-state index in [1.165, 1.54) is 11.3 Å². The molecule has 0 aliphatic heterocycles. The molecule has 1 heterocycles. The highest BCUT2D eigenvalue weighted by Crippen LogP contribution is 2.07. The van der Waals surface area contributed by atoms with Crippen LogP contribution < -0.4 is 5.32 Å². The predicted molar refractivity (Wildman–Crippen MR) is 41.8 cm³/mol. The van der Waals surface area contributed by atoms with Gasteiger partial charge in [-0.25, -0.2) is 0 Å². The SMILES string of the molecule is C[CH]NC(=O)c1cccs1. The third-order valence-corrected chi connectivity index (χ3v) is 1.89. The molecule has 2 nitrogen and oxygen atoms in total. The molecule has 0 spiro atoms. The van der Waals surface area contributed by atoms with Crippen molar-refractivity contribution < 1.29 is 4.79 Å². The predicted octanol–water partition coefficient (Wildman–Crippen LogP) is 1.66. The summed E-state index contributed by atoms with van der Waals surface area (Å²) in [6.07, 6.45) is 0. The average molecular weight is 154 g/mol. The van der Waals surface area contributed by atoms with Gasteiger partial charge in [-0.1, -0.05) is 6.07 Å². The largest absolute Gasteiger partial charge is 0.347 e. The summed E-state index contributed by atoms with van der Waals surface area (Å²) >= 11 is 1.44. The molecule has 0 aliphatic rings. The molecular formula is C7H8NOS. The highest BCUT2D eigenvalue weighted by atomic mass is 32.1. The van der Waals surface area contributed by atoms with Gasteiger partial charge in [-0.15, -0.1) is 11.3 Å². The number of amides is 1. The van der Waals surface area contributed by atoms with Crippen LogP contribution >= 0.6 is 11.3 Å². The third-order valence-electron chi connectivity index (χ3n) is 1.02. The van der Waals surface area contributed by atoms with Gasteiger partial charge >= 0.3 is 0 Å². The highest BCUT2D eigenvalue weighted by Gasteiger charge is 2.02. The maximum Gasteiger partial charge on any atom is 0.261 e. The maximum atomic E-state index is 11.0. The van der Waals surface area contributed by atoms with E-state index in [-0.39, 0.29) is 5.91 Å². The van der Waals surface area contributed by atoms with Crippen LogP contribution in [0.1, 0.15) is 16.6 Å². The van der Waals surface area contributed by atoms with Crippen molar-refractivity contribution in [3.05, 3.63) is 28.9 Å². The fourth-order valence-corrected chi connectivity index (χ4v) is 1.24. The number of thiophene rings is 1. The monoisotopic (exact) mass is 154 g/mol. The fraction of sp³-hybridized carbons (Fsp3) is 0.143. The van der Waals surface area contributed by atoms with Crippen molar-refractivity contribution in [1.29, 1.82) is 0 Å². The zero-order valence-corrected chi connectivity index (χ0v) is 6.44. The molecule has 1 rings (SSSR count). The normalized spacial score (nSPS) is 9.30. The Morgan fingerprint density at radius 1 is 1.80 bits per heavy atom. The van der Waals surface area contributed by atoms with Crippen molar-refractivity contribution in [2.75, 3.05) is 0 Å². The smallest absolute Gasteiger partial charge is 0.261 e. The second kappa shape index (κ2) is 3.37.